The number of hydrogen-bond acceptors (Lipinski definition) is 5. The summed E-state index contributed by atoms with van der Waals surface area (Å²) < 4.78 is 7.37. The van der Waals surface area contributed by atoms with E-state index in [9.17, 15) is 4.79 Å². The van der Waals surface area contributed by atoms with Crippen LogP contribution in [0.25, 0.3) is 0 Å². The molecule has 1 amide bonds. The van der Waals surface area contributed by atoms with Gasteiger partial charge < -0.3 is 9.64 Å². The lowest BCUT2D eigenvalue weighted by molar-refractivity contribution is -0.132. The second kappa shape index (κ2) is 8.54. The molecule has 2 atom stereocenters. The fourth-order valence-corrected chi connectivity index (χ4v) is 4.83. The first kappa shape index (κ1) is 20.0. The Labute approximate surface area is 165 Å². The number of amides is 1. The Morgan fingerprint density at radius 3 is 2.63 bits per heavy atom. The number of morpholine rings is 1. The summed E-state index contributed by atoms with van der Waals surface area (Å²) in [5.74, 6) is -0.0543. The number of aromatic nitrogens is 2. The molecule has 0 spiro atoms. The fourth-order valence-electron chi connectivity index (χ4n) is 3.98. The monoisotopic (exact) mass is 390 g/mol. The Bertz CT molecular complexity index is 765. The molecular formula is C20H30N4O2S. The van der Waals surface area contributed by atoms with Crippen LogP contribution in [0.3, 0.4) is 0 Å². The molecule has 0 aromatic carbocycles. The molecule has 1 aliphatic heterocycles. The number of likely N-dealkylation sites (N-methyl/N-ethyl adjacent to an activating group) is 1. The van der Waals surface area contributed by atoms with Crippen LogP contribution < -0.4 is 0 Å². The first-order chi connectivity index (χ1) is 12.9. The van der Waals surface area contributed by atoms with E-state index in [1.54, 1.807) is 11.3 Å². The molecule has 2 aromatic heterocycles. The third-order valence-corrected chi connectivity index (χ3v) is 6.52. The first-order valence-electron chi connectivity index (χ1n) is 9.50. The van der Waals surface area contributed by atoms with Gasteiger partial charge in [0.1, 0.15) is 0 Å². The summed E-state index contributed by atoms with van der Waals surface area (Å²) in [6.45, 7) is 10.00. The SMILES string of the molecule is Cc1nn(C)c(C)c1[C@H](C)C(=O)N(C)C[C@@H](c1cccs1)N1CCOCC1. The van der Waals surface area contributed by atoms with Crippen molar-refractivity contribution in [2.24, 2.45) is 7.05 Å². The lowest BCUT2D eigenvalue weighted by atomic mass is 9.97. The average Bonchev–Trinajstić information content (AvgIpc) is 3.28. The Kier molecular flexibility index (Phi) is 6.34. The average molecular weight is 391 g/mol. The van der Waals surface area contributed by atoms with Crippen molar-refractivity contribution in [3.8, 4) is 0 Å². The highest BCUT2D eigenvalue weighted by Gasteiger charge is 2.30. The van der Waals surface area contributed by atoms with Crippen LogP contribution in [0.5, 0.6) is 0 Å². The van der Waals surface area contributed by atoms with E-state index in [0.29, 0.717) is 6.54 Å². The molecule has 1 fully saturated rings. The van der Waals surface area contributed by atoms with Gasteiger partial charge in [0, 0.05) is 49.9 Å². The van der Waals surface area contributed by atoms with Gasteiger partial charge in [0.2, 0.25) is 5.91 Å². The highest BCUT2D eigenvalue weighted by molar-refractivity contribution is 7.10. The van der Waals surface area contributed by atoms with Crippen molar-refractivity contribution < 1.29 is 9.53 Å². The zero-order valence-corrected chi connectivity index (χ0v) is 17.8. The molecule has 3 rings (SSSR count). The molecule has 27 heavy (non-hydrogen) atoms. The zero-order valence-electron chi connectivity index (χ0n) is 16.9. The predicted octanol–water partition coefficient (Wildman–Crippen LogP) is 2.73. The van der Waals surface area contributed by atoms with Crippen LogP contribution in [0.4, 0.5) is 0 Å². The molecule has 0 N–H and O–H groups in total. The van der Waals surface area contributed by atoms with Crippen LogP contribution in [0, 0.1) is 13.8 Å². The molecule has 148 valence electrons. The van der Waals surface area contributed by atoms with Crippen molar-refractivity contribution >= 4 is 17.2 Å². The van der Waals surface area contributed by atoms with Crippen molar-refractivity contribution in [2.75, 3.05) is 39.9 Å². The Morgan fingerprint density at radius 1 is 1.37 bits per heavy atom. The van der Waals surface area contributed by atoms with Gasteiger partial charge in [0.05, 0.1) is 30.9 Å². The summed E-state index contributed by atoms with van der Waals surface area (Å²) in [5, 5.41) is 6.58. The van der Waals surface area contributed by atoms with Gasteiger partial charge in [-0.3, -0.25) is 14.4 Å². The number of ether oxygens (including phenoxy) is 1. The van der Waals surface area contributed by atoms with E-state index < -0.39 is 0 Å². The van der Waals surface area contributed by atoms with Crippen molar-refractivity contribution in [1.29, 1.82) is 0 Å². The number of rotatable bonds is 6. The van der Waals surface area contributed by atoms with E-state index in [1.165, 1.54) is 4.88 Å². The second-order valence-corrected chi connectivity index (χ2v) is 8.31. The summed E-state index contributed by atoms with van der Waals surface area (Å²) in [4.78, 5) is 18.8. The maximum absolute atomic E-state index is 13.2. The number of carbonyl (C=O) groups is 1. The van der Waals surface area contributed by atoms with Gasteiger partial charge in [0.25, 0.3) is 0 Å². The van der Waals surface area contributed by atoms with Gasteiger partial charge in [-0.15, -0.1) is 11.3 Å². The Morgan fingerprint density at radius 2 is 2.07 bits per heavy atom. The van der Waals surface area contributed by atoms with E-state index in [4.69, 9.17) is 4.74 Å². The minimum Gasteiger partial charge on any atom is -0.379 e. The normalized spacial score (nSPS) is 17.7. The number of nitrogens with zero attached hydrogens (tertiary/aromatic N) is 4. The number of aryl methyl sites for hydroxylation is 2. The second-order valence-electron chi connectivity index (χ2n) is 7.33. The summed E-state index contributed by atoms with van der Waals surface area (Å²) in [7, 11) is 3.85. The van der Waals surface area contributed by atoms with E-state index in [2.05, 4.69) is 27.5 Å². The maximum Gasteiger partial charge on any atom is 0.229 e. The molecule has 0 unspecified atom stereocenters. The molecule has 0 radical (unpaired) electrons. The Hall–Kier alpha value is -1.70. The molecule has 7 heteroatoms. The van der Waals surface area contributed by atoms with Crippen LogP contribution in [0.1, 0.15) is 40.7 Å². The third kappa shape index (κ3) is 4.25. The first-order valence-corrected chi connectivity index (χ1v) is 10.4. The van der Waals surface area contributed by atoms with Crippen molar-refractivity contribution in [1.82, 2.24) is 19.6 Å². The molecule has 1 saturated heterocycles. The molecule has 0 saturated carbocycles. The van der Waals surface area contributed by atoms with Gasteiger partial charge in [-0.2, -0.15) is 5.10 Å². The molecule has 2 aromatic rings. The van der Waals surface area contributed by atoms with Crippen LogP contribution in [0.15, 0.2) is 17.5 Å². The molecule has 1 aliphatic rings. The number of hydrogen-bond donors (Lipinski definition) is 0. The minimum atomic E-state index is -0.197. The number of thiophene rings is 1. The van der Waals surface area contributed by atoms with E-state index in [1.807, 2.05) is 44.4 Å². The largest absolute Gasteiger partial charge is 0.379 e. The fraction of sp³-hybridized carbons (Fsp3) is 0.600. The molecule has 0 bridgehead atoms. The van der Waals surface area contributed by atoms with Crippen molar-refractivity contribution in [2.45, 2.75) is 32.7 Å². The van der Waals surface area contributed by atoms with Gasteiger partial charge in [-0.1, -0.05) is 6.07 Å². The lowest BCUT2D eigenvalue weighted by Crippen LogP contribution is -2.44. The number of carbonyl (C=O) groups excluding carboxylic acids is 1. The zero-order chi connectivity index (χ0) is 19.6. The standard InChI is InChI=1S/C20H30N4O2S/c1-14(19-15(2)21-23(5)16(19)3)20(25)22(4)13-17(18-7-6-12-27-18)24-8-10-26-11-9-24/h6-7,12,14,17H,8-11,13H2,1-5H3/t14-,17-/m0/s1. The van der Waals surface area contributed by atoms with E-state index in [-0.39, 0.29) is 17.9 Å². The van der Waals surface area contributed by atoms with Gasteiger partial charge in [-0.05, 0) is 32.2 Å². The summed E-state index contributed by atoms with van der Waals surface area (Å²) in [5.41, 5.74) is 3.05. The lowest BCUT2D eigenvalue weighted by Gasteiger charge is -2.36. The van der Waals surface area contributed by atoms with Crippen molar-refractivity contribution in [3.63, 3.8) is 0 Å². The maximum atomic E-state index is 13.2. The smallest absolute Gasteiger partial charge is 0.229 e. The highest BCUT2D eigenvalue weighted by atomic mass is 32.1. The van der Waals surface area contributed by atoms with Crippen molar-refractivity contribution in [3.05, 3.63) is 39.3 Å². The molecular weight excluding hydrogens is 360 g/mol. The van der Waals surface area contributed by atoms with Gasteiger partial charge in [-0.25, -0.2) is 0 Å². The topological polar surface area (TPSA) is 50.6 Å². The van der Waals surface area contributed by atoms with Gasteiger partial charge in [0.15, 0.2) is 0 Å². The molecule has 0 aliphatic carbocycles. The third-order valence-electron chi connectivity index (χ3n) is 5.55. The van der Waals surface area contributed by atoms with E-state index in [0.717, 1.165) is 43.3 Å². The Balaban J connectivity index is 1.76. The summed E-state index contributed by atoms with van der Waals surface area (Å²) in [6, 6.07) is 4.47. The summed E-state index contributed by atoms with van der Waals surface area (Å²) in [6.07, 6.45) is 0. The van der Waals surface area contributed by atoms with Crippen LogP contribution in [0.2, 0.25) is 0 Å². The highest BCUT2D eigenvalue weighted by Crippen LogP contribution is 2.29. The predicted molar refractivity (Wildman–Crippen MR) is 108 cm³/mol. The van der Waals surface area contributed by atoms with Crippen LogP contribution in [-0.2, 0) is 16.6 Å². The minimum absolute atomic E-state index is 0.143. The molecule has 3 heterocycles. The van der Waals surface area contributed by atoms with E-state index >= 15 is 0 Å². The summed E-state index contributed by atoms with van der Waals surface area (Å²) >= 11 is 1.76. The van der Waals surface area contributed by atoms with Crippen LogP contribution >= 0.6 is 11.3 Å². The van der Waals surface area contributed by atoms with Crippen LogP contribution in [-0.4, -0.2) is 65.4 Å². The molecule has 6 nitrogen and oxygen atoms in total. The quantitative estimate of drug-likeness (QED) is 0.761. The van der Waals surface area contributed by atoms with Gasteiger partial charge >= 0.3 is 0 Å².